The van der Waals surface area contributed by atoms with Crippen molar-refractivity contribution in [1.82, 2.24) is 5.32 Å². The van der Waals surface area contributed by atoms with Crippen LogP contribution in [0.25, 0.3) is 0 Å². The van der Waals surface area contributed by atoms with Crippen molar-refractivity contribution in [2.24, 2.45) is 0 Å². The molecule has 1 nitrogen and oxygen atoms in total. The maximum absolute atomic E-state index is 3.52. The van der Waals surface area contributed by atoms with Gasteiger partial charge >= 0.3 is 0 Å². The standard InChI is InChI=1S/C14H22BrN/c1-11-8-12(2)14(13(3)9-11)10-16-7-5-4-6-15/h8-9,16H,4-7,10H2,1-3H3. The lowest BCUT2D eigenvalue weighted by atomic mass is 10.00. The molecule has 0 unspecified atom stereocenters. The lowest BCUT2D eigenvalue weighted by molar-refractivity contribution is 0.641. The van der Waals surface area contributed by atoms with Crippen LogP contribution in [0.4, 0.5) is 0 Å². The van der Waals surface area contributed by atoms with E-state index >= 15 is 0 Å². The maximum atomic E-state index is 3.52. The minimum Gasteiger partial charge on any atom is -0.313 e. The zero-order valence-electron chi connectivity index (χ0n) is 10.6. The van der Waals surface area contributed by atoms with Gasteiger partial charge < -0.3 is 5.32 Å². The molecule has 0 saturated carbocycles. The van der Waals surface area contributed by atoms with Crippen LogP contribution in [0.2, 0.25) is 0 Å². The van der Waals surface area contributed by atoms with Crippen LogP contribution in [0.5, 0.6) is 0 Å². The number of halogens is 1. The Morgan fingerprint density at radius 2 is 1.69 bits per heavy atom. The van der Waals surface area contributed by atoms with Crippen molar-refractivity contribution in [2.75, 3.05) is 11.9 Å². The van der Waals surface area contributed by atoms with Crippen molar-refractivity contribution in [3.05, 3.63) is 34.4 Å². The molecule has 1 N–H and O–H groups in total. The van der Waals surface area contributed by atoms with Crippen LogP contribution in [0.15, 0.2) is 12.1 Å². The zero-order valence-corrected chi connectivity index (χ0v) is 12.2. The normalized spacial score (nSPS) is 10.8. The molecule has 16 heavy (non-hydrogen) atoms. The summed E-state index contributed by atoms with van der Waals surface area (Å²) >= 11 is 3.45. The maximum Gasteiger partial charge on any atom is 0.0210 e. The van der Waals surface area contributed by atoms with E-state index in [0.717, 1.165) is 18.4 Å². The Bertz CT molecular complexity index is 311. The highest BCUT2D eigenvalue weighted by atomic mass is 79.9. The molecule has 90 valence electrons. The van der Waals surface area contributed by atoms with Crippen LogP contribution in [0.3, 0.4) is 0 Å². The Balaban J connectivity index is 2.47. The third-order valence-corrected chi connectivity index (χ3v) is 3.44. The number of aryl methyl sites for hydroxylation is 3. The van der Waals surface area contributed by atoms with E-state index in [0.29, 0.717) is 0 Å². The van der Waals surface area contributed by atoms with E-state index in [1.807, 2.05) is 0 Å². The van der Waals surface area contributed by atoms with Gasteiger partial charge in [-0.1, -0.05) is 33.6 Å². The summed E-state index contributed by atoms with van der Waals surface area (Å²) in [6, 6.07) is 4.53. The Kier molecular flexibility index (Phi) is 6.07. The van der Waals surface area contributed by atoms with Crippen LogP contribution in [0.1, 0.15) is 35.1 Å². The van der Waals surface area contributed by atoms with Gasteiger partial charge in [-0.05, 0) is 56.8 Å². The van der Waals surface area contributed by atoms with Crippen molar-refractivity contribution in [3.63, 3.8) is 0 Å². The number of benzene rings is 1. The second-order valence-corrected chi connectivity index (χ2v) is 5.24. The summed E-state index contributed by atoms with van der Waals surface area (Å²) in [6.07, 6.45) is 2.49. The summed E-state index contributed by atoms with van der Waals surface area (Å²) in [6.45, 7) is 8.68. The minimum atomic E-state index is 1.00. The van der Waals surface area contributed by atoms with Gasteiger partial charge in [0, 0.05) is 11.9 Å². The van der Waals surface area contributed by atoms with Crippen molar-refractivity contribution in [2.45, 2.75) is 40.2 Å². The van der Waals surface area contributed by atoms with Crippen molar-refractivity contribution in [3.8, 4) is 0 Å². The molecule has 2 heteroatoms. The minimum absolute atomic E-state index is 1.00. The molecule has 0 radical (unpaired) electrons. The molecule has 0 bridgehead atoms. The molecule has 0 aliphatic carbocycles. The van der Waals surface area contributed by atoms with Crippen molar-refractivity contribution >= 4 is 15.9 Å². The number of rotatable bonds is 6. The Morgan fingerprint density at radius 3 is 2.25 bits per heavy atom. The van der Waals surface area contributed by atoms with Gasteiger partial charge in [-0.15, -0.1) is 0 Å². The molecule has 0 heterocycles. The van der Waals surface area contributed by atoms with Gasteiger partial charge in [0.2, 0.25) is 0 Å². The highest BCUT2D eigenvalue weighted by Gasteiger charge is 2.02. The zero-order chi connectivity index (χ0) is 12.0. The lowest BCUT2D eigenvalue weighted by Crippen LogP contribution is -2.16. The molecule has 1 rings (SSSR count). The number of unbranched alkanes of at least 4 members (excludes halogenated alkanes) is 1. The number of hydrogen-bond donors (Lipinski definition) is 1. The van der Waals surface area contributed by atoms with Gasteiger partial charge in [-0.3, -0.25) is 0 Å². The molecule has 0 aliphatic rings. The molecule has 0 amide bonds. The average molecular weight is 284 g/mol. The first kappa shape index (κ1) is 13.7. The van der Waals surface area contributed by atoms with E-state index in [4.69, 9.17) is 0 Å². The molecule has 1 aromatic rings. The van der Waals surface area contributed by atoms with Crippen LogP contribution in [-0.4, -0.2) is 11.9 Å². The van der Waals surface area contributed by atoms with Crippen LogP contribution >= 0.6 is 15.9 Å². The lowest BCUT2D eigenvalue weighted by Gasteiger charge is -2.12. The fraction of sp³-hybridized carbons (Fsp3) is 0.571. The molecule has 0 saturated heterocycles. The molecule has 0 spiro atoms. The Hall–Kier alpha value is -0.340. The summed E-state index contributed by atoms with van der Waals surface area (Å²) in [5.74, 6) is 0. The molecule has 1 aromatic carbocycles. The highest BCUT2D eigenvalue weighted by molar-refractivity contribution is 9.09. The predicted octanol–water partition coefficient (Wildman–Crippen LogP) is 3.88. The molecular weight excluding hydrogens is 262 g/mol. The number of nitrogens with one attached hydrogen (secondary N) is 1. The van der Waals surface area contributed by atoms with Crippen LogP contribution < -0.4 is 5.32 Å². The van der Waals surface area contributed by atoms with E-state index < -0.39 is 0 Å². The second kappa shape index (κ2) is 7.08. The first-order valence-corrected chi connectivity index (χ1v) is 7.10. The summed E-state index contributed by atoms with van der Waals surface area (Å²) in [4.78, 5) is 0. The first-order valence-electron chi connectivity index (χ1n) is 5.98. The summed E-state index contributed by atoms with van der Waals surface area (Å²) in [5.41, 5.74) is 5.64. The SMILES string of the molecule is Cc1cc(C)c(CNCCCCBr)c(C)c1. The number of hydrogen-bond acceptors (Lipinski definition) is 1. The highest BCUT2D eigenvalue weighted by Crippen LogP contribution is 2.15. The fourth-order valence-corrected chi connectivity index (χ4v) is 2.44. The molecule has 0 fully saturated rings. The van der Waals surface area contributed by atoms with E-state index in [-0.39, 0.29) is 0 Å². The van der Waals surface area contributed by atoms with Crippen molar-refractivity contribution in [1.29, 1.82) is 0 Å². The van der Waals surface area contributed by atoms with E-state index in [1.54, 1.807) is 0 Å². The van der Waals surface area contributed by atoms with Gasteiger partial charge in [-0.2, -0.15) is 0 Å². The monoisotopic (exact) mass is 283 g/mol. The van der Waals surface area contributed by atoms with Gasteiger partial charge in [0.15, 0.2) is 0 Å². The molecule has 0 aromatic heterocycles. The third-order valence-electron chi connectivity index (χ3n) is 2.88. The van der Waals surface area contributed by atoms with Gasteiger partial charge in [0.05, 0.1) is 0 Å². The average Bonchev–Trinajstić information content (AvgIpc) is 2.20. The van der Waals surface area contributed by atoms with Crippen LogP contribution in [-0.2, 0) is 6.54 Å². The molecule has 0 atom stereocenters. The number of alkyl halides is 1. The molecule has 0 aliphatic heterocycles. The first-order chi connectivity index (χ1) is 7.65. The Morgan fingerprint density at radius 1 is 1.06 bits per heavy atom. The fourth-order valence-electron chi connectivity index (χ4n) is 2.05. The van der Waals surface area contributed by atoms with Gasteiger partial charge in [0.25, 0.3) is 0 Å². The van der Waals surface area contributed by atoms with Crippen LogP contribution in [0, 0.1) is 20.8 Å². The summed E-state index contributed by atoms with van der Waals surface area (Å²) in [7, 11) is 0. The van der Waals surface area contributed by atoms with Gasteiger partial charge in [-0.25, -0.2) is 0 Å². The third kappa shape index (κ3) is 4.26. The summed E-state index contributed by atoms with van der Waals surface area (Å²) < 4.78 is 0. The van der Waals surface area contributed by atoms with Crippen molar-refractivity contribution < 1.29 is 0 Å². The second-order valence-electron chi connectivity index (χ2n) is 4.45. The van der Waals surface area contributed by atoms with E-state index in [2.05, 4.69) is 54.2 Å². The van der Waals surface area contributed by atoms with E-state index in [9.17, 15) is 0 Å². The van der Waals surface area contributed by atoms with Gasteiger partial charge in [0.1, 0.15) is 0 Å². The smallest absolute Gasteiger partial charge is 0.0210 e. The predicted molar refractivity (Wildman–Crippen MR) is 75.4 cm³/mol. The largest absolute Gasteiger partial charge is 0.313 e. The quantitative estimate of drug-likeness (QED) is 0.617. The molecular formula is C14H22BrN. The Labute approximate surface area is 108 Å². The summed E-state index contributed by atoms with van der Waals surface area (Å²) in [5, 5.41) is 4.63. The van der Waals surface area contributed by atoms with E-state index in [1.165, 1.54) is 35.1 Å². The topological polar surface area (TPSA) is 12.0 Å².